The van der Waals surface area contributed by atoms with Crippen molar-refractivity contribution in [2.75, 3.05) is 20.4 Å². The van der Waals surface area contributed by atoms with Gasteiger partial charge in [0.1, 0.15) is 0 Å². The van der Waals surface area contributed by atoms with E-state index in [2.05, 4.69) is 0 Å². The Balaban J connectivity index is 1.80. The number of fused-ring (bicyclic) bond motifs is 1. The third kappa shape index (κ3) is 4.14. The highest BCUT2D eigenvalue weighted by molar-refractivity contribution is 5.94. The molecule has 3 rings (SSSR count). The smallest absolute Gasteiger partial charge is 0.307 e. The number of esters is 1. The van der Waals surface area contributed by atoms with Crippen molar-refractivity contribution in [2.24, 2.45) is 0 Å². The molecular weight excluding hydrogens is 334 g/mol. The third-order valence-corrected chi connectivity index (χ3v) is 4.18. The van der Waals surface area contributed by atoms with Gasteiger partial charge in [0.05, 0.1) is 13.5 Å². The van der Waals surface area contributed by atoms with Gasteiger partial charge in [0.25, 0.3) is 5.91 Å². The van der Waals surface area contributed by atoms with Crippen LogP contribution in [0.4, 0.5) is 0 Å². The Morgan fingerprint density at radius 3 is 2.69 bits per heavy atom. The lowest BCUT2D eigenvalue weighted by Gasteiger charge is -2.23. The first-order valence-corrected chi connectivity index (χ1v) is 8.38. The van der Waals surface area contributed by atoms with E-state index in [0.717, 1.165) is 11.1 Å². The SMILES string of the molecule is COC(=O)CCN(Cc1ccc2c(c1)OCO2)C(=O)c1cccc(C)c1. The van der Waals surface area contributed by atoms with Gasteiger partial charge >= 0.3 is 5.97 Å². The molecule has 2 aromatic carbocycles. The van der Waals surface area contributed by atoms with Gasteiger partial charge in [-0.3, -0.25) is 9.59 Å². The molecule has 2 aromatic rings. The largest absolute Gasteiger partial charge is 0.469 e. The summed E-state index contributed by atoms with van der Waals surface area (Å²) in [5.41, 5.74) is 2.50. The number of nitrogens with zero attached hydrogens (tertiary/aromatic N) is 1. The highest BCUT2D eigenvalue weighted by Crippen LogP contribution is 2.33. The summed E-state index contributed by atoms with van der Waals surface area (Å²) in [5.74, 6) is 0.881. The second kappa shape index (κ2) is 7.91. The van der Waals surface area contributed by atoms with Crippen LogP contribution in [-0.4, -0.2) is 37.2 Å². The fraction of sp³-hybridized carbons (Fsp3) is 0.300. The zero-order valence-corrected chi connectivity index (χ0v) is 14.9. The van der Waals surface area contributed by atoms with Crippen molar-refractivity contribution in [3.05, 3.63) is 59.2 Å². The Kier molecular flexibility index (Phi) is 5.41. The number of aryl methyl sites for hydroxylation is 1. The van der Waals surface area contributed by atoms with Gasteiger partial charge < -0.3 is 19.1 Å². The first-order valence-electron chi connectivity index (χ1n) is 8.38. The number of benzene rings is 2. The van der Waals surface area contributed by atoms with Gasteiger partial charge in [0.15, 0.2) is 11.5 Å². The van der Waals surface area contributed by atoms with Crippen LogP contribution in [-0.2, 0) is 16.1 Å². The molecule has 1 heterocycles. The molecule has 6 nitrogen and oxygen atoms in total. The number of carbonyl (C=O) groups is 2. The van der Waals surface area contributed by atoms with E-state index in [0.29, 0.717) is 23.6 Å². The van der Waals surface area contributed by atoms with Crippen molar-refractivity contribution < 1.29 is 23.8 Å². The Hall–Kier alpha value is -3.02. The summed E-state index contributed by atoms with van der Waals surface area (Å²) < 4.78 is 15.4. The second-order valence-electron chi connectivity index (χ2n) is 6.11. The van der Waals surface area contributed by atoms with Crippen LogP contribution in [0.15, 0.2) is 42.5 Å². The first kappa shape index (κ1) is 17.8. The summed E-state index contributed by atoms with van der Waals surface area (Å²) in [4.78, 5) is 26.1. The molecule has 1 aliphatic rings. The molecule has 0 N–H and O–H groups in total. The summed E-state index contributed by atoms with van der Waals surface area (Å²) in [6.45, 7) is 2.77. The van der Waals surface area contributed by atoms with Crippen LogP contribution >= 0.6 is 0 Å². The maximum absolute atomic E-state index is 13.0. The van der Waals surface area contributed by atoms with E-state index in [1.807, 2.05) is 43.3 Å². The molecule has 0 saturated carbocycles. The molecule has 0 unspecified atom stereocenters. The minimum absolute atomic E-state index is 0.129. The summed E-state index contributed by atoms with van der Waals surface area (Å²) in [6.07, 6.45) is 0.138. The number of carbonyl (C=O) groups excluding carboxylic acids is 2. The van der Waals surface area contributed by atoms with Crippen LogP contribution in [0.1, 0.15) is 27.9 Å². The Labute approximate surface area is 152 Å². The standard InChI is InChI=1S/C20H21NO5/c1-14-4-3-5-16(10-14)20(23)21(9-8-19(22)24-2)12-15-6-7-17-18(11-15)26-13-25-17/h3-7,10-11H,8-9,12-13H2,1-2H3. The van der Waals surface area contributed by atoms with Crippen molar-refractivity contribution in [1.29, 1.82) is 0 Å². The quantitative estimate of drug-likeness (QED) is 0.746. The average Bonchev–Trinajstić information content (AvgIpc) is 3.12. The molecule has 0 saturated heterocycles. The molecule has 0 atom stereocenters. The van der Waals surface area contributed by atoms with E-state index >= 15 is 0 Å². The molecule has 0 bridgehead atoms. The van der Waals surface area contributed by atoms with Crippen LogP contribution in [0.25, 0.3) is 0 Å². The van der Waals surface area contributed by atoms with Gasteiger partial charge in [0, 0.05) is 18.7 Å². The maximum Gasteiger partial charge on any atom is 0.307 e. The Morgan fingerprint density at radius 2 is 1.92 bits per heavy atom. The van der Waals surface area contributed by atoms with Gasteiger partial charge in [-0.05, 0) is 36.8 Å². The molecule has 0 aromatic heterocycles. The summed E-state index contributed by atoms with van der Waals surface area (Å²) in [7, 11) is 1.34. The Morgan fingerprint density at radius 1 is 1.12 bits per heavy atom. The first-order chi connectivity index (χ1) is 12.6. The average molecular weight is 355 g/mol. The van der Waals surface area contributed by atoms with Gasteiger partial charge in [-0.15, -0.1) is 0 Å². The van der Waals surface area contributed by atoms with E-state index in [-0.39, 0.29) is 31.6 Å². The van der Waals surface area contributed by atoms with Gasteiger partial charge in [-0.25, -0.2) is 0 Å². The van der Waals surface area contributed by atoms with Gasteiger partial charge in [-0.2, -0.15) is 0 Å². The fourth-order valence-electron chi connectivity index (χ4n) is 2.80. The predicted octanol–water partition coefficient (Wildman–Crippen LogP) is 2.93. The van der Waals surface area contributed by atoms with E-state index < -0.39 is 0 Å². The van der Waals surface area contributed by atoms with Crippen LogP contribution in [0.5, 0.6) is 11.5 Å². The zero-order valence-electron chi connectivity index (χ0n) is 14.9. The van der Waals surface area contributed by atoms with Crippen LogP contribution in [0.3, 0.4) is 0 Å². The van der Waals surface area contributed by atoms with Crippen LogP contribution in [0.2, 0.25) is 0 Å². The van der Waals surface area contributed by atoms with Crippen LogP contribution in [0, 0.1) is 6.92 Å². The summed E-state index contributed by atoms with van der Waals surface area (Å²) in [5, 5.41) is 0. The lowest BCUT2D eigenvalue weighted by molar-refractivity contribution is -0.140. The molecule has 6 heteroatoms. The molecule has 0 radical (unpaired) electrons. The van der Waals surface area contributed by atoms with Crippen LogP contribution < -0.4 is 9.47 Å². The minimum Gasteiger partial charge on any atom is -0.469 e. The fourth-order valence-corrected chi connectivity index (χ4v) is 2.80. The third-order valence-electron chi connectivity index (χ3n) is 4.18. The molecule has 136 valence electrons. The lowest BCUT2D eigenvalue weighted by atomic mass is 10.1. The zero-order chi connectivity index (χ0) is 18.5. The predicted molar refractivity (Wildman–Crippen MR) is 95.1 cm³/mol. The molecular formula is C20H21NO5. The topological polar surface area (TPSA) is 65.1 Å². The van der Waals surface area contributed by atoms with Gasteiger partial charge in [0.2, 0.25) is 6.79 Å². The molecule has 0 fully saturated rings. The van der Waals surface area contributed by atoms with Crippen molar-refractivity contribution in [2.45, 2.75) is 19.9 Å². The number of hydrogen-bond donors (Lipinski definition) is 0. The maximum atomic E-state index is 13.0. The number of ether oxygens (including phenoxy) is 3. The molecule has 0 spiro atoms. The van der Waals surface area contributed by atoms with E-state index in [9.17, 15) is 9.59 Å². The van der Waals surface area contributed by atoms with E-state index in [4.69, 9.17) is 14.2 Å². The minimum atomic E-state index is -0.349. The van der Waals surface area contributed by atoms with E-state index in [1.54, 1.807) is 11.0 Å². The Bertz CT molecular complexity index is 818. The van der Waals surface area contributed by atoms with Crippen molar-refractivity contribution >= 4 is 11.9 Å². The number of rotatable bonds is 6. The summed E-state index contributed by atoms with van der Waals surface area (Å²) in [6, 6.07) is 13.0. The number of hydrogen-bond acceptors (Lipinski definition) is 5. The number of methoxy groups -OCH3 is 1. The molecule has 26 heavy (non-hydrogen) atoms. The van der Waals surface area contributed by atoms with Crippen molar-refractivity contribution in [3.63, 3.8) is 0 Å². The van der Waals surface area contributed by atoms with Crippen molar-refractivity contribution in [3.8, 4) is 11.5 Å². The highest BCUT2D eigenvalue weighted by atomic mass is 16.7. The summed E-state index contributed by atoms with van der Waals surface area (Å²) >= 11 is 0. The normalized spacial score (nSPS) is 11.9. The molecule has 0 aliphatic carbocycles. The van der Waals surface area contributed by atoms with Crippen molar-refractivity contribution in [1.82, 2.24) is 4.90 Å². The lowest BCUT2D eigenvalue weighted by Crippen LogP contribution is -2.32. The van der Waals surface area contributed by atoms with Gasteiger partial charge in [-0.1, -0.05) is 23.8 Å². The second-order valence-corrected chi connectivity index (χ2v) is 6.11. The van der Waals surface area contributed by atoms with E-state index in [1.165, 1.54) is 7.11 Å². The molecule has 1 amide bonds. The highest BCUT2D eigenvalue weighted by Gasteiger charge is 2.20. The monoisotopic (exact) mass is 355 g/mol. The number of amides is 1. The molecule has 1 aliphatic heterocycles.